The Balaban J connectivity index is 1.74. The molecule has 0 fully saturated rings. The van der Waals surface area contributed by atoms with Gasteiger partial charge < -0.3 is 5.73 Å². The van der Waals surface area contributed by atoms with Crippen LogP contribution in [0, 0.1) is 5.92 Å². The summed E-state index contributed by atoms with van der Waals surface area (Å²) in [6, 6.07) is 12.8. The van der Waals surface area contributed by atoms with E-state index < -0.39 is 0 Å². The topological polar surface area (TPSA) is 77.0 Å². The Morgan fingerprint density at radius 3 is 2.45 bits per heavy atom. The molecule has 20 heavy (non-hydrogen) atoms. The van der Waals surface area contributed by atoms with Crippen LogP contribution in [0.1, 0.15) is 16.7 Å². The number of rotatable bonds is 4. The van der Waals surface area contributed by atoms with Crippen molar-refractivity contribution in [2.24, 2.45) is 11.8 Å². The number of fused-ring (bicyclic) bond motifs is 1. The van der Waals surface area contributed by atoms with E-state index in [2.05, 4.69) is 34.7 Å². The standard InChI is InChI=1S/C16H20N4/c17-16-13(6-3-7-19-16)10-15(20-18)14-8-11-4-1-2-5-12(11)9-14/h1-7,14-15,20H,8-10,18H2,(H2,17,19). The first-order valence-corrected chi connectivity index (χ1v) is 7.00. The van der Waals surface area contributed by atoms with Crippen LogP contribution in [-0.2, 0) is 19.3 Å². The van der Waals surface area contributed by atoms with Crippen LogP contribution in [0.2, 0.25) is 0 Å². The molecule has 4 heteroatoms. The molecule has 5 N–H and O–H groups in total. The zero-order valence-corrected chi connectivity index (χ0v) is 11.4. The highest BCUT2D eigenvalue weighted by atomic mass is 15.2. The van der Waals surface area contributed by atoms with Gasteiger partial charge in [-0.25, -0.2) is 4.98 Å². The predicted octanol–water partition coefficient (Wildman–Crippen LogP) is 1.45. The fraction of sp³-hybridized carbons (Fsp3) is 0.312. The molecule has 1 aromatic carbocycles. The SMILES string of the molecule is NNC(Cc1cccnc1N)C1Cc2ccccc2C1. The first kappa shape index (κ1) is 13.1. The highest BCUT2D eigenvalue weighted by Gasteiger charge is 2.28. The molecule has 0 bridgehead atoms. The molecule has 0 spiro atoms. The number of hydrogen-bond donors (Lipinski definition) is 3. The number of nitrogens with zero attached hydrogens (tertiary/aromatic N) is 1. The van der Waals surface area contributed by atoms with Crippen molar-refractivity contribution in [1.82, 2.24) is 10.4 Å². The highest BCUT2D eigenvalue weighted by Crippen LogP contribution is 2.30. The molecular formula is C16H20N4. The number of pyridine rings is 1. The number of hydrazine groups is 1. The second kappa shape index (κ2) is 5.61. The lowest BCUT2D eigenvalue weighted by Gasteiger charge is -2.23. The predicted molar refractivity (Wildman–Crippen MR) is 80.8 cm³/mol. The Morgan fingerprint density at radius 1 is 1.15 bits per heavy atom. The third-order valence-corrected chi connectivity index (χ3v) is 4.23. The largest absolute Gasteiger partial charge is 0.383 e. The van der Waals surface area contributed by atoms with Crippen molar-refractivity contribution < 1.29 is 0 Å². The van der Waals surface area contributed by atoms with Crippen LogP contribution in [0.4, 0.5) is 5.82 Å². The molecule has 0 saturated heterocycles. The molecule has 3 rings (SSSR count). The van der Waals surface area contributed by atoms with E-state index in [-0.39, 0.29) is 6.04 Å². The average molecular weight is 268 g/mol. The van der Waals surface area contributed by atoms with Crippen LogP contribution in [0.5, 0.6) is 0 Å². The van der Waals surface area contributed by atoms with Crippen LogP contribution in [0.25, 0.3) is 0 Å². The molecule has 0 radical (unpaired) electrons. The molecule has 1 aromatic heterocycles. The van der Waals surface area contributed by atoms with Crippen LogP contribution >= 0.6 is 0 Å². The molecule has 0 amide bonds. The molecule has 2 aromatic rings. The Labute approximate surface area is 119 Å². The summed E-state index contributed by atoms with van der Waals surface area (Å²) in [7, 11) is 0. The van der Waals surface area contributed by atoms with Gasteiger partial charge >= 0.3 is 0 Å². The maximum absolute atomic E-state index is 5.93. The van der Waals surface area contributed by atoms with Gasteiger partial charge in [-0.15, -0.1) is 0 Å². The number of aromatic nitrogens is 1. The number of benzene rings is 1. The van der Waals surface area contributed by atoms with Crippen LogP contribution < -0.4 is 17.0 Å². The van der Waals surface area contributed by atoms with E-state index in [1.54, 1.807) is 6.20 Å². The molecule has 1 aliphatic carbocycles. The summed E-state index contributed by atoms with van der Waals surface area (Å²) in [6.45, 7) is 0. The van der Waals surface area contributed by atoms with Crippen LogP contribution in [0.15, 0.2) is 42.6 Å². The van der Waals surface area contributed by atoms with Crippen molar-refractivity contribution >= 4 is 5.82 Å². The lowest BCUT2D eigenvalue weighted by molar-refractivity contribution is 0.367. The summed E-state index contributed by atoms with van der Waals surface area (Å²) >= 11 is 0. The lowest BCUT2D eigenvalue weighted by atomic mass is 9.92. The molecule has 0 aliphatic heterocycles. The minimum Gasteiger partial charge on any atom is -0.383 e. The molecule has 0 saturated carbocycles. The third kappa shape index (κ3) is 2.53. The first-order valence-electron chi connectivity index (χ1n) is 7.00. The van der Waals surface area contributed by atoms with Gasteiger partial charge in [-0.3, -0.25) is 11.3 Å². The van der Waals surface area contributed by atoms with Crippen molar-refractivity contribution in [1.29, 1.82) is 0 Å². The van der Waals surface area contributed by atoms with Crippen LogP contribution in [-0.4, -0.2) is 11.0 Å². The highest BCUT2D eigenvalue weighted by molar-refractivity contribution is 5.39. The fourth-order valence-electron chi connectivity index (χ4n) is 3.10. The fourth-order valence-corrected chi connectivity index (χ4v) is 3.10. The van der Waals surface area contributed by atoms with Gasteiger partial charge in [0, 0.05) is 12.2 Å². The first-order chi connectivity index (χ1) is 9.78. The monoisotopic (exact) mass is 268 g/mol. The number of anilines is 1. The second-order valence-corrected chi connectivity index (χ2v) is 5.46. The third-order valence-electron chi connectivity index (χ3n) is 4.23. The Bertz CT molecular complexity index is 572. The number of nitrogens with one attached hydrogen (secondary N) is 1. The summed E-state index contributed by atoms with van der Waals surface area (Å²) in [5.41, 5.74) is 12.8. The van der Waals surface area contributed by atoms with Crippen molar-refractivity contribution in [3.05, 3.63) is 59.3 Å². The van der Waals surface area contributed by atoms with E-state index in [4.69, 9.17) is 11.6 Å². The normalized spacial score (nSPS) is 16.1. The smallest absolute Gasteiger partial charge is 0.126 e. The maximum atomic E-state index is 5.93. The Morgan fingerprint density at radius 2 is 1.85 bits per heavy atom. The van der Waals surface area contributed by atoms with Crippen molar-refractivity contribution in [3.8, 4) is 0 Å². The van der Waals surface area contributed by atoms with Gasteiger partial charge in [-0.2, -0.15) is 0 Å². The van der Waals surface area contributed by atoms with E-state index in [1.165, 1.54) is 11.1 Å². The molecular weight excluding hydrogens is 248 g/mol. The van der Waals surface area contributed by atoms with E-state index >= 15 is 0 Å². The van der Waals surface area contributed by atoms with Gasteiger partial charge in [0.25, 0.3) is 0 Å². The zero-order chi connectivity index (χ0) is 13.9. The number of nitrogens with two attached hydrogens (primary N) is 2. The quantitative estimate of drug-likeness (QED) is 0.579. The zero-order valence-electron chi connectivity index (χ0n) is 11.4. The van der Waals surface area contributed by atoms with E-state index in [0.717, 1.165) is 24.8 Å². The van der Waals surface area contributed by atoms with Crippen molar-refractivity contribution in [3.63, 3.8) is 0 Å². The van der Waals surface area contributed by atoms with Crippen LogP contribution in [0.3, 0.4) is 0 Å². The average Bonchev–Trinajstić information content (AvgIpc) is 2.90. The summed E-state index contributed by atoms with van der Waals surface area (Å²) in [5, 5.41) is 0. The van der Waals surface area contributed by atoms with Gasteiger partial charge in [0.1, 0.15) is 5.82 Å². The van der Waals surface area contributed by atoms with Gasteiger partial charge in [0.15, 0.2) is 0 Å². The summed E-state index contributed by atoms with van der Waals surface area (Å²) in [6.07, 6.45) is 4.68. The van der Waals surface area contributed by atoms with Crippen molar-refractivity contribution in [2.45, 2.75) is 25.3 Å². The van der Waals surface area contributed by atoms with Gasteiger partial charge in [0.05, 0.1) is 0 Å². The summed E-state index contributed by atoms with van der Waals surface area (Å²) in [4.78, 5) is 4.14. The van der Waals surface area contributed by atoms with Gasteiger partial charge in [-0.1, -0.05) is 30.3 Å². The van der Waals surface area contributed by atoms with Gasteiger partial charge in [0.2, 0.25) is 0 Å². The Kier molecular flexibility index (Phi) is 3.67. The molecule has 1 unspecified atom stereocenters. The maximum Gasteiger partial charge on any atom is 0.126 e. The molecule has 104 valence electrons. The van der Waals surface area contributed by atoms with E-state index in [0.29, 0.717) is 11.7 Å². The Hall–Kier alpha value is -1.91. The lowest BCUT2D eigenvalue weighted by Crippen LogP contribution is -2.43. The summed E-state index contributed by atoms with van der Waals surface area (Å²) in [5.74, 6) is 6.89. The number of hydrogen-bond acceptors (Lipinski definition) is 4. The number of nitrogen functional groups attached to an aromatic ring is 1. The van der Waals surface area contributed by atoms with Crippen molar-refractivity contribution in [2.75, 3.05) is 5.73 Å². The van der Waals surface area contributed by atoms with E-state index in [9.17, 15) is 0 Å². The van der Waals surface area contributed by atoms with Gasteiger partial charge in [-0.05, 0) is 47.9 Å². The molecule has 1 heterocycles. The minimum absolute atomic E-state index is 0.217. The van der Waals surface area contributed by atoms with E-state index in [1.807, 2.05) is 12.1 Å². The molecule has 1 atom stereocenters. The molecule has 1 aliphatic rings. The molecule has 4 nitrogen and oxygen atoms in total. The second-order valence-electron chi connectivity index (χ2n) is 5.46. The summed E-state index contributed by atoms with van der Waals surface area (Å²) < 4.78 is 0. The minimum atomic E-state index is 0.217.